The molecular weight excluding hydrogens is 306 g/mol. The van der Waals surface area contributed by atoms with Crippen LogP contribution in [0.3, 0.4) is 0 Å². The second-order valence-corrected chi connectivity index (χ2v) is 6.27. The fraction of sp³-hybridized carbons (Fsp3) is 0.467. The fourth-order valence-electron chi connectivity index (χ4n) is 2.54. The van der Waals surface area contributed by atoms with E-state index in [9.17, 15) is 4.79 Å². The Bertz CT molecular complexity index is 562. The summed E-state index contributed by atoms with van der Waals surface area (Å²) in [6, 6.07) is 8.15. The molecule has 0 saturated carbocycles. The lowest BCUT2D eigenvalue weighted by Gasteiger charge is -2.21. The van der Waals surface area contributed by atoms with Gasteiger partial charge in [0.15, 0.2) is 0 Å². The van der Waals surface area contributed by atoms with E-state index in [0.29, 0.717) is 6.54 Å². The lowest BCUT2D eigenvalue weighted by atomic mass is 9.99. The number of halogens is 1. The van der Waals surface area contributed by atoms with Crippen molar-refractivity contribution in [3.8, 4) is 0 Å². The molecule has 1 fully saturated rings. The van der Waals surface area contributed by atoms with Gasteiger partial charge < -0.3 is 10.6 Å². The summed E-state index contributed by atoms with van der Waals surface area (Å²) in [4.78, 5) is 16.6. The van der Waals surface area contributed by atoms with Crippen molar-refractivity contribution >= 4 is 39.9 Å². The number of benzene rings is 1. The topological polar surface area (TPSA) is 54.0 Å². The third-order valence-electron chi connectivity index (χ3n) is 3.64. The first-order valence-corrected chi connectivity index (χ1v) is 7.97. The van der Waals surface area contributed by atoms with Gasteiger partial charge in [-0.15, -0.1) is 23.7 Å². The molecule has 1 aromatic carbocycles. The van der Waals surface area contributed by atoms with Gasteiger partial charge in [0.05, 0.1) is 21.1 Å². The second kappa shape index (κ2) is 7.73. The van der Waals surface area contributed by atoms with E-state index in [0.717, 1.165) is 42.9 Å². The molecule has 3 rings (SSSR count). The van der Waals surface area contributed by atoms with Gasteiger partial charge in [-0.05, 0) is 31.5 Å². The molecule has 1 unspecified atom stereocenters. The lowest BCUT2D eigenvalue weighted by Crippen LogP contribution is -2.41. The molecule has 6 heteroatoms. The minimum absolute atomic E-state index is 0. The van der Waals surface area contributed by atoms with Gasteiger partial charge in [-0.2, -0.15) is 0 Å². The van der Waals surface area contributed by atoms with Crippen LogP contribution in [0.4, 0.5) is 0 Å². The highest BCUT2D eigenvalue weighted by atomic mass is 35.5. The van der Waals surface area contributed by atoms with Crippen LogP contribution < -0.4 is 10.6 Å². The van der Waals surface area contributed by atoms with Crippen molar-refractivity contribution < 1.29 is 4.79 Å². The molecule has 114 valence electrons. The number of amides is 1. The number of hydrogen-bond acceptors (Lipinski definition) is 4. The van der Waals surface area contributed by atoms with Crippen molar-refractivity contribution in [2.75, 3.05) is 19.6 Å². The second-order valence-electron chi connectivity index (χ2n) is 5.16. The number of hydrogen-bond donors (Lipinski definition) is 2. The third kappa shape index (κ3) is 4.15. The van der Waals surface area contributed by atoms with Crippen molar-refractivity contribution in [3.05, 3.63) is 29.3 Å². The molecule has 1 atom stereocenters. The van der Waals surface area contributed by atoms with Crippen molar-refractivity contribution in [3.63, 3.8) is 0 Å². The molecule has 1 amide bonds. The maximum Gasteiger partial charge on any atom is 0.224 e. The van der Waals surface area contributed by atoms with Gasteiger partial charge in [0.2, 0.25) is 5.91 Å². The molecule has 0 aliphatic carbocycles. The predicted octanol–water partition coefficient (Wildman–Crippen LogP) is 2.38. The highest BCUT2D eigenvalue weighted by molar-refractivity contribution is 7.18. The van der Waals surface area contributed by atoms with E-state index < -0.39 is 0 Å². The van der Waals surface area contributed by atoms with Crippen LogP contribution in [0.1, 0.15) is 17.8 Å². The van der Waals surface area contributed by atoms with Crippen LogP contribution in [0.25, 0.3) is 10.2 Å². The minimum Gasteiger partial charge on any atom is -0.355 e. The van der Waals surface area contributed by atoms with Crippen LogP contribution in [0.15, 0.2) is 24.3 Å². The third-order valence-corrected chi connectivity index (χ3v) is 4.74. The summed E-state index contributed by atoms with van der Waals surface area (Å²) in [5.74, 6) is 0.317. The summed E-state index contributed by atoms with van der Waals surface area (Å²) in [6.45, 7) is 2.53. The van der Waals surface area contributed by atoms with E-state index in [-0.39, 0.29) is 24.2 Å². The highest BCUT2D eigenvalue weighted by Crippen LogP contribution is 2.21. The van der Waals surface area contributed by atoms with Crippen molar-refractivity contribution in [1.82, 2.24) is 15.6 Å². The number of carbonyl (C=O) groups excluding carboxylic acids is 1. The molecule has 4 nitrogen and oxygen atoms in total. The number of thiazole rings is 1. The Morgan fingerprint density at radius 1 is 1.43 bits per heavy atom. The molecule has 0 spiro atoms. The minimum atomic E-state index is 0. The van der Waals surface area contributed by atoms with E-state index in [2.05, 4.69) is 21.7 Å². The van der Waals surface area contributed by atoms with E-state index in [1.54, 1.807) is 11.3 Å². The van der Waals surface area contributed by atoms with Gasteiger partial charge in [0.1, 0.15) is 0 Å². The lowest BCUT2D eigenvalue weighted by molar-refractivity contribution is -0.125. The van der Waals surface area contributed by atoms with E-state index in [1.165, 1.54) is 4.70 Å². The number of para-hydroxylation sites is 1. The standard InChI is InChI=1S/C15H19N3OS.ClH/c19-15(11-4-3-8-16-10-11)17-9-7-14-18-12-5-1-2-6-13(12)20-14;/h1-2,5-6,11,16H,3-4,7-10H2,(H,17,19);1H. The summed E-state index contributed by atoms with van der Waals surface area (Å²) in [5, 5.41) is 7.39. The van der Waals surface area contributed by atoms with Crippen LogP contribution in [0, 0.1) is 5.92 Å². The van der Waals surface area contributed by atoms with Crippen molar-refractivity contribution in [2.45, 2.75) is 19.3 Å². The van der Waals surface area contributed by atoms with Gasteiger partial charge in [0.25, 0.3) is 0 Å². The van der Waals surface area contributed by atoms with Crippen LogP contribution in [-0.2, 0) is 11.2 Å². The molecule has 21 heavy (non-hydrogen) atoms. The first-order chi connectivity index (χ1) is 9.83. The normalized spacial score (nSPS) is 18.2. The first-order valence-electron chi connectivity index (χ1n) is 7.16. The molecule has 0 bridgehead atoms. The fourth-order valence-corrected chi connectivity index (χ4v) is 3.51. The molecule has 1 aromatic heterocycles. The number of nitrogens with one attached hydrogen (secondary N) is 2. The van der Waals surface area contributed by atoms with Crippen molar-refractivity contribution in [2.24, 2.45) is 5.92 Å². The largest absolute Gasteiger partial charge is 0.355 e. The Morgan fingerprint density at radius 3 is 3.05 bits per heavy atom. The average molecular weight is 326 g/mol. The SMILES string of the molecule is Cl.O=C(NCCc1nc2ccccc2s1)C1CCCNC1. The van der Waals surface area contributed by atoms with Crippen LogP contribution in [-0.4, -0.2) is 30.5 Å². The Morgan fingerprint density at radius 2 is 2.29 bits per heavy atom. The maximum absolute atomic E-state index is 12.0. The average Bonchev–Trinajstić information content (AvgIpc) is 2.90. The van der Waals surface area contributed by atoms with Gasteiger partial charge in [-0.3, -0.25) is 4.79 Å². The molecular formula is C15H20ClN3OS. The van der Waals surface area contributed by atoms with Crippen LogP contribution in [0.2, 0.25) is 0 Å². The number of piperidine rings is 1. The summed E-state index contributed by atoms with van der Waals surface area (Å²) in [5.41, 5.74) is 1.05. The smallest absolute Gasteiger partial charge is 0.224 e. The number of aromatic nitrogens is 1. The van der Waals surface area contributed by atoms with Crippen LogP contribution >= 0.6 is 23.7 Å². The highest BCUT2D eigenvalue weighted by Gasteiger charge is 2.20. The Balaban J connectivity index is 0.00000161. The van der Waals surface area contributed by atoms with E-state index in [4.69, 9.17) is 0 Å². The zero-order valence-electron chi connectivity index (χ0n) is 11.8. The maximum atomic E-state index is 12.0. The van der Waals surface area contributed by atoms with Crippen molar-refractivity contribution in [1.29, 1.82) is 0 Å². The van der Waals surface area contributed by atoms with Crippen LogP contribution in [0.5, 0.6) is 0 Å². The summed E-state index contributed by atoms with van der Waals surface area (Å²) in [6.07, 6.45) is 2.90. The quantitative estimate of drug-likeness (QED) is 0.907. The van der Waals surface area contributed by atoms with Gasteiger partial charge >= 0.3 is 0 Å². The monoisotopic (exact) mass is 325 g/mol. The number of fused-ring (bicyclic) bond motifs is 1. The molecule has 1 aliphatic heterocycles. The summed E-state index contributed by atoms with van der Waals surface area (Å²) in [7, 11) is 0. The zero-order valence-corrected chi connectivity index (χ0v) is 13.4. The number of carbonyl (C=O) groups is 1. The summed E-state index contributed by atoms with van der Waals surface area (Å²) < 4.78 is 1.21. The van der Waals surface area contributed by atoms with E-state index >= 15 is 0 Å². The zero-order chi connectivity index (χ0) is 13.8. The Kier molecular flexibility index (Phi) is 5.96. The van der Waals surface area contributed by atoms with Gasteiger partial charge in [-0.25, -0.2) is 4.98 Å². The number of rotatable bonds is 4. The first kappa shape index (κ1) is 16.2. The Hall–Kier alpha value is -1.17. The van der Waals surface area contributed by atoms with E-state index in [1.807, 2.05) is 18.2 Å². The van der Waals surface area contributed by atoms with Gasteiger partial charge in [-0.1, -0.05) is 12.1 Å². The Labute approximate surface area is 134 Å². The summed E-state index contributed by atoms with van der Waals surface area (Å²) >= 11 is 1.71. The molecule has 2 N–H and O–H groups in total. The molecule has 1 aliphatic rings. The molecule has 1 saturated heterocycles. The number of nitrogens with zero attached hydrogens (tertiary/aromatic N) is 1. The molecule has 0 radical (unpaired) electrons. The van der Waals surface area contributed by atoms with Gasteiger partial charge in [0, 0.05) is 19.5 Å². The molecule has 2 aromatic rings. The molecule has 2 heterocycles. The predicted molar refractivity (Wildman–Crippen MR) is 89.2 cm³/mol.